The Hall–Kier alpha value is -3.43. The van der Waals surface area contributed by atoms with E-state index in [-0.39, 0.29) is 11.4 Å². The van der Waals surface area contributed by atoms with Crippen LogP contribution in [-0.4, -0.2) is 54.8 Å². The molecule has 35 heavy (non-hydrogen) atoms. The van der Waals surface area contributed by atoms with E-state index in [0.29, 0.717) is 35.2 Å². The molecular weight excluding hydrogens is 470 g/mol. The van der Waals surface area contributed by atoms with Crippen molar-refractivity contribution in [2.24, 2.45) is 0 Å². The van der Waals surface area contributed by atoms with Crippen LogP contribution in [0.5, 0.6) is 28.7 Å². The second-order valence-electron chi connectivity index (χ2n) is 7.96. The molecular formula is C26H29NO7S. The Kier molecular flexibility index (Phi) is 7.09. The zero-order valence-corrected chi connectivity index (χ0v) is 21.2. The van der Waals surface area contributed by atoms with Crippen molar-refractivity contribution in [1.29, 1.82) is 0 Å². The second kappa shape index (κ2) is 10.1. The van der Waals surface area contributed by atoms with Gasteiger partial charge in [0.05, 0.1) is 46.5 Å². The quantitative estimate of drug-likeness (QED) is 0.462. The van der Waals surface area contributed by atoms with Gasteiger partial charge in [0.25, 0.3) is 0 Å². The number of ether oxygens (including phenoxy) is 5. The molecule has 1 aliphatic heterocycles. The van der Waals surface area contributed by atoms with Crippen LogP contribution in [0.15, 0.2) is 59.5 Å². The summed E-state index contributed by atoms with van der Waals surface area (Å²) >= 11 is 0. The first-order valence-electron chi connectivity index (χ1n) is 11.0. The van der Waals surface area contributed by atoms with E-state index in [9.17, 15) is 8.42 Å². The zero-order chi connectivity index (χ0) is 25.2. The van der Waals surface area contributed by atoms with Gasteiger partial charge in [0.1, 0.15) is 5.75 Å². The summed E-state index contributed by atoms with van der Waals surface area (Å²) in [5.41, 5.74) is 2.55. The monoisotopic (exact) mass is 499 g/mol. The van der Waals surface area contributed by atoms with Crippen molar-refractivity contribution in [2.45, 2.75) is 17.4 Å². The molecule has 8 nitrogen and oxygen atoms in total. The highest BCUT2D eigenvalue weighted by atomic mass is 32.2. The number of nitrogens with zero attached hydrogens (tertiary/aromatic N) is 1. The van der Waals surface area contributed by atoms with Crippen LogP contribution >= 0.6 is 0 Å². The van der Waals surface area contributed by atoms with Gasteiger partial charge in [-0.3, -0.25) is 0 Å². The fourth-order valence-corrected chi connectivity index (χ4v) is 6.03. The highest BCUT2D eigenvalue weighted by molar-refractivity contribution is 7.89. The molecule has 0 radical (unpaired) electrons. The van der Waals surface area contributed by atoms with Crippen molar-refractivity contribution in [3.05, 3.63) is 71.3 Å². The van der Waals surface area contributed by atoms with Crippen molar-refractivity contribution in [3.63, 3.8) is 0 Å². The Labute approximate surface area is 206 Å². The molecule has 4 rings (SSSR count). The maximum atomic E-state index is 13.9. The largest absolute Gasteiger partial charge is 0.497 e. The average Bonchev–Trinajstić information content (AvgIpc) is 2.90. The summed E-state index contributed by atoms with van der Waals surface area (Å²) < 4.78 is 56.5. The van der Waals surface area contributed by atoms with E-state index in [2.05, 4.69) is 0 Å². The topological polar surface area (TPSA) is 83.5 Å². The van der Waals surface area contributed by atoms with Gasteiger partial charge < -0.3 is 23.7 Å². The maximum absolute atomic E-state index is 13.9. The summed E-state index contributed by atoms with van der Waals surface area (Å²) in [5.74, 6) is 2.79. The molecule has 0 fully saturated rings. The van der Waals surface area contributed by atoms with Gasteiger partial charge in [0, 0.05) is 6.54 Å². The average molecular weight is 500 g/mol. The summed E-state index contributed by atoms with van der Waals surface area (Å²) in [7, 11) is 3.93. The predicted octanol–water partition coefficient (Wildman–Crippen LogP) is 4.07. The number of hydrogen-bond donors (Lipinski definition) is 0. The second-order valence-corrected chi connectivity index (χ2v) is 9.85. The zero-order valence-electron chi connectivity index (χ0n) is 20.4. The van der Waals surface area contributed by atoms with E-state index >= 15 is 0 Å². The first-order valence-corrected chi connectivity index (χ1v) is 12.4. The lowest BCUT2D eigenvalue weighted by Crippen LogP contribution is -2.40. The first-order chi connectivity index (χ1) is 16.9. The van der Waals surface area contributed by atoms with Crippen molar-refractivity contribution in [2.75, 3.05) is 42.1 Å². The van der Waals surface area contributed by atoms with Crippen LogP contribution in [0.3, 0.4) is 0 Å². The minimum Gasteiger partial charge on any atom is -0.497 e. The lowest BCUT2D eigenvalue weighted by atomic mass is 9.89. The fraction of sp³-hybridized carbons (Fsp3) is 0.308. The minimum absolute atomic E-state index is 0.188. The van der Waals surface area contributed by atoms with Crippen molar-refractivity contribution < 1.29 is 32.1 Å². The third-order valence-corrected chi connectivity index (χ3v) is 8.10. The third-order valence-electron chi connectivity index (χ3n) is 6.22. The van der Waals surface area contributed by atoms with Gasteiger partial charge >= 0.3 is 0 Å². The Morgan fingerprint density at radius 3 is 1.91 bits per heavy atom. The molecule has 3 aromatic carbocycles. The molecule has 0 bridgehead atoms. The molecule has 1 atom stereocenters. The third kappa shape index (κ3) is 4.49. The molecule has 1 aliphatic rings. The fourth-order valence-electron chi connectivity index (χ4n) is 4.43. The highest BCUT2D eigenvalue weighted by Gasteiger charge is 2.38. The standard InChI is InChI=1S/C26H29NO7S/c1-30-19-7-9-20(10-8-19)35(28,29)27-13-12-17-14-24(33-4)25(34-5)16-21(17)26(27)18-6-11-22(31-2)23(15-18)32-3/h6-11,14-16,26H,12-13H2,1-5H3/t26-/m1/s1. The highest BCUT2D eigenvalue weighted by Crippen LogP contribution is 2.44. The van der Waals surface area contributed by atoms with E-state index < -0.39 is 16.1 Å². The molecule has 0 unspecified atom stereocenters. The van der Waals surface area contributed by atoms with Gasteiger partial charge in [0.2, 0.25) is 10.0 Å². The van der Waals surface area contributed by atoms with Crippen molar-refractivity contribution in [1.82, 2.24) is 4.31 Å². The van der Waals surface area contributed by atoms with E-state index in [1.54, 1.807) is 65.9 Å². The summed E-state index contributed by atoms with van der Waals surface area (Å²) in [6, 6.07) is 15.0. The van der Waals surface area contributed by atoms with Gasteiger partial charge in [-0.2, -0.15) is 4.31 Å². The number of fused-ring (bicyclic) bond motifs is 1. The number of hydrogen-bond acceptors (Lipinski definition) is 7. The van der Waals surface area contributed by atoms with E-state index in [0.717, 1.165) is 16.7 Å². The minimum atomic E-state index is -3.86. The molecule has 3 aromatic rings. The number of rotatable bonds is 8. The van der Waals surface area contributed by atoms with Crippen LogP contribution in [0.4, 0.5) is 0 Å². The van der Waals surface area contributed by atoms with Crippen LogP contribution < -0.4 is 23.7 Å². The molecule has 9 heteroatoms. The van der Waals surface area contributed by atoms with E-state index in [4.69, 9.17) is 23.7 Å². The van der Waals surface area contributed by atoms with Crippen molar-refractivity contribution >= 4 is 10.0 Å². The molecule has 0 amide bonds. The Morgan fingerprint density at radius 1 is 0.714 bits per heavy atom. The first kappa shape index (κ1) is 24.7. The Bertz CT molecular complexity index is 1310. The smallest absolute Gasteiger partial charge is 0.243 e. The SMILES string of the molecule is COc1ccc(S(=O)(=O)N2CCc3cc(OC)c(OC)cc3[C@H]2c2ccc(OC)c(OC)c2)cc1. The van der Waals surface area contributed by atoms with Gasteiger partial charge in [-0.15, -0.1) is 0 Å². The molecule has 0 aliphatic carbocycles. The molecule has 186 valence electrons. The van der Waals surface area contributed by atoms with E-state index in [1.165, 1.54) is 4.31 Å². The normalized spacial score (nSPS) is 15.7. The molecule has 0 spiro atoms. The summed E-state index contributed by atoms with van der Waals surface area (Å²) in [4.78, 5) is 0.188. The number of sulfonamides is 1. The van der Waals surface area contributed by atoms with E-state index in [1.807, 2.05) is 24.3 Å². The van der Waals surface area contributed by atoms with Crippen LogP contribution in [0.2, 0.25) is 0 Å². The molecule has 0 saturated carbocycles. The van der Waals surface area contributed by atoms with Crippen LogP contribution in [0.1, 0.15) is 22.7 Å². The lowest BCUT2D eigenvalue weighted by Gasteiger charge is -2.37. The molecule has 0 aromatic heterocycles. The van der Waals surface area contributed by atoms with Gasteiger partial charge in [0.15, 0.2) is 23.0 Å². The summed E-state index contributed by atoms with van der Waals surface area (Å²) in [6.07, 6.45) is 0.523. The van der Waals surface area contributed by atoms with Crippen LogP contribution in [0, 0.1) is 0 Å². The summed E-state index contributed by atoms with van der Waals surface area (Å²) in [6.45, 7) is 0.288. The lowest BCUT2D eigenvalue weighted by molar-refractivity contribution is 0.328. The number of methoxy groups -OCH3 is 5. The molecule has 1 heterocycles. The Morgan fingerprint density at radius 2 is 1.31 bits per heavy atom. The van der Waals surface area contributed by atoms with Crippen molar-refractivity contribution in [3.8, 4) is 28.7 Å². The van der Waals surface area contributed by atoms with Crippen LogP contribution in [-0.2, 0) is 16.4 Å². The van der Waals surface area contributed by atoms with Gasteiger partial charge in [-0.05, 0) is 71.6 Å². The molecule has 0 N–H and O–H groups in total. The Balaban J connectivity index is 1.91. The van der Waals surface area contributed by atoms with Gasteiger partial charge in [-0.1, -0.05) is 6.07 Å². The summed E-state index contributed by atoms with van der Waals surface area (Å²) in [5, 5.41) is 0. The molecule has 0 saturated heterocycles. The van der Waals surface area contributed by atoms with Gasteiger partial charge in [-0.25, -0.2) is 8.42 Å². The maximum Gasteiger partial charge on any atom is 0.243 e. The van der Waals surface area contributed by atoms with Crippen LogP contribution in [0.25, 0.3) is 0 Å². The predicted molar refractivity (Wildman–Crippen MR) is 132 cm³/mol. The number of benzene rings is 3.